The Bertz CT molecular complexity index is 926. The molecule has 0 spiro atoms. The molecule has 0 unspecified atom stereocenters. The van der Waals surface area contributed by atoms with Crippen molar-refractivity contribution in [2.45, 2.75) is 19.9 Å². The molecule has 0 atom stereocenters. The van der Waals surface area contributed by atoms with Crippen molar-refractivity contribution >= 4 is 54.8 Å². The highest BCUT2D eigenvalue weighted by Crippen LogP contribution is 2.35. The molecule has 2 rings (SSSR count). The molecular weight excluding hydrogens is 504 g/mol. The number of hydrogen-bond acceptors (Lipinski definition) is 6. The second-order valence-electron chi connectivity index (χ2n) is 5.12. The van der Waals surface area contributed by atoms with Crippen LogP contribution in [0, 0.1) is 27.2 Å². The van der Waals surface area contributed by atoms with Crippen molar-refractivity contribution in [2.75, 3.05) is 5.32 Å². The minimum atomic E-state index is -3.17. The molecule has 10 nitrogen and oxygen atoms in total. The van der Waals surface area contributed by atoms with Gasteiger partial charge in [0.15, 0.2) is 0 Å². The lowest BCUT2D eigenvalue weighted by atomic mass is 10.3. The van der Waals surface area contributed by atoms with E-state index >= 15 is 0 Å². The number of amides is 1. The SMILES string of the molecule is Cc1c([N+](=O)[O-])c(C(F)F)nn1CC(=O)Nc1c(Br)cc([N+](=O)[O-])cc1Br. The third-order valence-corrected chi connectivity index (χ3v) is 4.64. The molecule has 1 aromatic heterocycles. The maximum Gasteiger partial charge on any atom is 0.319 e. The first kappa shape index (κ1) is 20.8. The summed E-state index contributed by atoms with van der Waals surface area (Å²) in [7, 11) is 0. The van der Waals surface area contributed by atoms with Crippen LogP contribution in [0.1, 0.15) is 17.8 Å². The number of nitrogens with one attached hydrogen (secondary N) is 1. The summed E-state index contributed by atoms with van der Waals surface area (Å²) in [6.07, 6.45) is -3.17. The van der Waals surface area contributed by atoms with Crippen LogP contribution >= 0.6 is 31.9 Å². The Balaban J connectivity index is 2.28. The van der Waals surface area contributed by atoms with E-state index in [0.29, 0.717) is 0 Å². The van der Waals surface area contributed by atoms with Gasteiger partial charge in [-0.3, -0.25) is 29.7 Å². The zero-order valence-corrected chi connectivity index (χ0v) is 16.5. The Morgan fingerprint density at radius 3 is 2.22 bits per heavy atom. The lowest BCUT2D eigenvalue weighted by Crippen LogP contribution is -2.21. The Morgan fingerprint density at radius 1 is 1.26 bits per heavy atom. The van der Waals surface area contributed by atoms with Crippen LogP contribution in [0.4, 0.5) is 25.8 Å². The van der Waals surface area contributed by atoms with Crippen molar-refractivity contribution in [1.82, 2.24) is 9.78 Å². The molecule has 0 aliphatic heterocycles. The van der Waals surface area contributed by atoms with Crippen LogP contribution in [0.5, 0.6) is 0 Å². The van der Waals surface area contributed by atoms with E-state index in [2.05, 4.69) is 42.3 Å². The number of benzene rings is 1. The zero-order valence-electron chi connectivity index (χ0n) is 13.3. The number of carbonyl (C=O) groups is 1. The second-order valence-corrected chi connectivity index (χ2v) is 6.83. The minimum absolute atomic E-state index is 0.166. The van der Waals surface area contributed by atoms with Crippen molar-refractivity contribution in [2.24, 2.45) is 0 Å². The summed E-state index contributed by atoms with van der Waals surface area (Å²) in [5, 5.41) is 27.7. The van der Waals surface area contributed by atoms with Crippen LogP contribution in [0.2, 0.25) is 0 Å². The molecular formula is C13H9Br2F2N5O5. The molecule has 0 saturated heterocycles. The predicted octanol–water partition coefficient (Wildman–Crippen LogP) is 4.11. The number of anilines is 1. The van der Waals surface area contributed by atoms with Gasteiger partial charge in [-0.25, -0.2) is 8.78 Å². The molecule has 1 N–H and O–H groups in total. The summed E-state index contributed by atoms with van der Waals surface area (Å²) < 4.78 is 27.1. The molecule has 0 aliphatic carbocycles. The largest absolute Gasteiger partial charge is 0.323 e. The molecule has 0 bridgehead atoms. The lowest BCUT2D eigenvalue weighted by Gasteiger charge is -2.10. The van der Waals surface area contributed by atoms with Gasteiger partial charge in [-0.15, -0.1) is 0 Å². The van der Waals surface area contributed by atoms with Gasteiger partial charge in [0.1, 0.15) is 12.2 Å². The third-order valence-electron chi connectivity index (χ3n) is 3.39. The summed E-state index contributed by atoms with van der Waals surface area (Å²) in [6.45, 7) is 0.622. The quantitative estimate of drug-likeness (QED) is 0.457. The maximum atomic E-state index is 12.9. The first-order chi connectivity index (χ1) is 12.5. The summed E-state index contributed by atoms with van der Waals surface area (Å²) >= 11 is 6.18. The van der Waals surface area contributed by atoms with Crippen molar-refractivity contribution in [3.8, 4) is 0 Å². The van der Waals surface area contributed by atoms with Gasteiger partial charge in [0.25, 0.3) is 12.1 Å². The number of non-ortho nitro benzene ring substituents is 1. The zero-order chi connectivity index (χ0) is 20.5. The average molecular weight is 513 g/mol. The van der Waals surface area contributed by atoms with Gasteiger partial charge >= 0.3 is 5.69 Å². The standard InChI is InChI=1S/C13H9Br2F2N5O5/c1-5-12(22(26)27)11(13(16)17)19-20(5)4-9(23)18-10-7(14)2-6(21(24)25)3-8(10)15/h2-3,13H,4H2,1H3,(H,18,23). The van der Waals surface area contributed by atoms with E-state index in [9.17, 15) is 33.8 Å². The lowest BCUT2D eigenvalue weighted by molar-refractivity contribution is -0.386. The van der Waals surface area contributed by atoms with E-state index in [1.807, 2.05) is 0 Å². The Kier molecular flexibility index (Phi) is 6.20. The van der Waals surface area contributed by atoms with E-state index in [-0.39, 0.29) is 26.0 Å². The van der Waals surface area contributed by atoms with E-state index in [1.54, 1.807) is 0 Å². The number of hydrogen-bond donors (Lipinski definition) is 1. The highest BCUT2D eigenvalue weighted by Gasteiger charge is 2.31. The van der Waals surface area contributed by atoms with Gasteiger partial charge < -0.3 is 5.32 Å². The highest BCUT2D eigenvalue weighted by molar-refractivity contribution is 9.11. The fraction of sp³-hybridized carbons (Fsp3) is 0.231. The average Bonchev–Trinajstić information content (AvgIpc) is 2.87. The number of nitro benzene ring substituents is 1. The summed E-state index contributed by atoms with van der Waals surface area (Å²) in [4.78, 5) is 32.4. The van der Waals surface area contributed by atoms with Gasteiger partial charge in [-0.1, -0.05) is 0 Å². The summed E-state index contributed by atoms with van der Waals surface area (Å²) in [5.41, 5.74) is -2.14. The smallest absolute Gasteiger partial charge is 0.319 e. The fourth-order valence-electron chi connectivity index (χ4n) is 2.19. The topological polar surface area (TPSA) is 133 Å². The minimum Gasteiger partial charge on any atom is -0.323 e. The van der Waals surface area contributed by atoms with Crippen LogP contribution in [-0.2, 0) is 11.3 Å². The summed E-state index contributed by atoms with van der Waals surface area (Å²) in [5.74, 6) is -0.730. The first-order valence-electron chi connectivity index (χ1n) is 6.96. The van der Waals surface area contributed by atoms with E-state index in [1.165, 1.54) is 19.1 Å². The van der Waals surface area contributed by atoms with E-state index < -0.39 is 40.1 Å². The van der Waals surface area contributed by atoms with Crippen molar-refractivity contribution in [1.29, 1.82) is 0 Å². The Morgan fingerprint density at radius 2 is 1.81 bits per heavy atom. The first-order valence-corrected chi connectivity index (χ1v) is 8.54. The van der Waals surface area contributed by atoms with Gasteiger partial charge in [0, 0.05) is 21.1 Å². The maximum absolute atomic E-state index is 12.9. The molecule has 1 amide bonds. The van der Waals surface area contributed by atoms with Gasteiger partial charge in [-0.05, 0) is 38.8 Å². The third kappa shape index (κ3) is 4.44. The van der Waals surface area contributed by atoms with Crippen LogP contribution in [0.3, 0.4) is 0 Å². The molecule has 0 radical (unpaired) electrons. The molecule has 1 aromatic carbocycles. The van der Waals surface area contributed by atoms with Gasteiger partial charge in [0.05, 0.1) is 15.5 Å². The molecule has 2 aromatic rings. The van der Waals surface area contributed by atoms with Crippen LogP contribution in [0.25, 0.3) is 0 Å². The van der Waals surface area contributed by atoms with Crippen LogP contribution < -0.4 is 5.32 Å². The van der Waals surface area contributed by atoms with Crippen LogP contribution in [-0.4, -0.2) is 25.5 Å². The molecule has 144 valence electrons. The monoisotopic (exact) mass is 511 g/mol. The van der Waals surface area contributed by atoms with E-state index in [0.717, 1.165) is 4.68 Å². The molecule has 14 heteroatoms. The van der Waals surface area contributed by atoms with Gasteiger partial charge in [-0.2, -0.15) is 5.10 Å². The molecule has 27 heavy (non-hydrogen) atoms. The van der Waals surface area contributed by atoms with Gasteiger partial charge in [0.2, 0.25) is 11.6 Å². The van der Waals surface area contributed by atoms with Crippen LogP contribution in [0.15, 0.2) is 21.1 Å². The fourth-order valence-corrected chi connectivity index (χ4v) is 3.55. The van der Waals surface area contributed by atoms with Crippen molar-refractivity contribution in [3.05, 3.63) is 52.7 Å². The molecule has 0 saturated carbocycles. The molecule has 0 aliphatic rings. The normalized spacial score (nSPS) is 10.9. The summed E-state index contributed by atoms with van der Waals surface area (Å²) in [6, 6.07) is 2.33. The van der Waals surface area contributed by atoms with E-state index in [4.69, 9.17) is 0 Å². The number of aromatic nitrogens is 2. The number of halogens is 4. The number of nitro groups is 2. The van der Waals surface area contributed by atoms with Crippen molar-refractivity contribution in [3.63, 3.8) is 0 Å². The molecule has 0 fully saturated rings. The number of carbonyl (C=O) groups excluding carboxylic acids is 1. The Labute approximate surface area is 166 Å². The number of rotatable bonds is 6. The number of alkyl halides is 2. The Hall–Kier alpha value is -2.48. The predicted molar refractivity (Wildman–Crippen MR) is 95.7 cm³/mol. The second kappa shape index (κ2) is 8.04. The molecule has 1 heterocycles. The number of nitrogens with zero attached hydrogens (tertiary/aromatic N) is 4. The highest BCUT2D eigenvalue weighted by atomic mass is 79.9. The van der Waals surface area contributed by atoms with Crippen molar-refractivity contribution < 1.29 is 23.4 Å².